The van der Waals surface area contributed by atoms with E-state index in [4.69, 9.17) is 4.74 Å². The second kappa shape index (κ2) is 4.26. The van der Waals surface area contributed by atoms with Crippen LogP contribution in [0.15, 0.2) is 23.3 Å². The standard InChI is InChI=1S/C8H8N2O2/c1-2-12-7-3-4-9-8(5-7)10-6-11/h3-5H,2H2,1H3. The smallest absolute Gasteiger partial charge is 0.242 e. The van der Waals surface area contributed by atoms with Crippen LogP contribution in [-0.2, 0) is 4.79 Å². The average molecular weight is 164 g/mol. The molecule has 0 fully saturated rings. The molecule has 0 amide bonds. The summed E-state index contributed by atoms with van der Waals surface area (Å²) >= 11 is 0. The van der Waals surface area contributed by atoms with Gasteiger partial charge in [0, 0.05) is 12.3 Å². The molecule has 0 saturated heterocycles. The fraction of sp³-hybridized carbons (Fsp3) is 0.250. The lowest BCUT2D eigenvalue weighted by molar-refractivity contribution is 0.340. The zero-order chi connectivity index (χ0) is 8.81. The Balaban J connectivity index is 2.87. The molecule has 0 aromatic carbocycles. The van der Waals surface area contributed by atoms with Crippen molar-refractivity contribution in [2.45, 2.75) is 6.92 Å². The van der Waals surface area contributed by atoms with Crippen LogP contribution in [-0.4, -0.2) is 17.7 Å². The summed E-state index contributed by atoms with van der Waals surface area (Å²) in [4.78, 5) is 17.0. The first-order chi connectivity index (χ1) is 5.86. The fourth-order valence-corrected chi connectivity index (χ4v) is 0.764. The van der Waals surface area contributed by atoms with E-state index >= 15 is 0 Å². The molecule has 0 spiro atoms. The Labute approximate surface area is 69.9 Å². The molecule has 0 aliphatic rings. The van der Waals surface area contributed by atoms with Crippen LogP contribution >= 0.6 is 0 Å². The number of hydrogen-bond acceptors (Lipinski definition) is 4. The Morgan fingerprint density at radius 2 is 2.58 bits per heavy atom. The van der Waals surface area contributed by atoms with E-state index in [0.717, 1.165) is 0 Å². The molecule has 0 saturated carbocycles. The first-order valence-corrected chi connectivity index (χ1v) is 3.53. The summed E-state index contributed by atoms with van der Waals surface area (Å²) in [5, 5.41) is 0. The molecule has 1 heterocycles. The lowest BCUT2D eigenvalue weighted by atomic mass is 10.4. The van der Waals surface area contributed by atoms with Gasteiger partial charge in [-0.2, -0.15) is 0 Å². The van der Waals surface area contributed by atoms with Crippen molar-refractivity contribution in [2.24, 2.45) is 4.99 Å². The molecule has 0 bridgehead atoms. The Morgan fingerprint density at radius 3 is 3.25 bits per heavy atom. The maximum absolute atomic E-state index is 9.87. The van der Waals surface area contributed by atoms with Gasteiger partial charge in [0.05, 0.1) is 6.61 Å². The number of isocyanates is 1. The van der Waals surface area contributed by atoms with Gasteiger partial charge in [-0.05, 0) is 13.0 Å². The minimum absolute atomic E-state index is 0.316. The highest BCUT2D eigenvalue weighted by Gasteiger charge is 1.94. The highest BCUT2D eigenvalue weighted by Crippen LogP contribution is 2.15. The van der Waals surface area contributed by atoms with Crippen molar-refractivity contribution in [3.63, 3.8) is 0 Å². The van der Waals surface area contributed by atoms with Crippen LogP contribution < -0.4 is 4.74 Å². The molecule has 1 aromatic heterocycles. The molecule has 0 aliphatic carbocycles. The van der Waals surface area contributed by atoms with Gasteiger partial charge in [0.2, 0.25) is 6.08 Å². The van der Waals surface area contributed by atoms with Gasteiger partial charge in [-0.15, -0.1) is 4.99 Å². The normalized spacial score (nSPS) is 8.75. The van der Waals surface area contributed by atoms with Crippen LogP contribution in [0.25, 0.3) is 0 Å². The van der Waals surface area contributed by atoms with Crippen molar-refractivity contribution < 1.29 is 9.53 Å². The lowest BCUT2D eigenvalue weighted by Crippen LogP contribution is -1.90. The molecule has 1 aromatic rings. The van der Waals surface area contributed by atoms with E-state index in [1.54, 1.807) is 12.1 Å². The fourth-order valence-electron chi connectivity index (χ4n) is 0.764. The number of aliphatic imine (C=N–C) groups is 1. The van der Waals surface area contributed by atoms with Gasteiger partial charge in [-0.25, -0.2) is 9.78 Å². The summed E-state index contributed by atoms with van der Waals surface area (Å²) < 4.78 is 5.16. The summed E-state index contributed by atoms with van der Waals surface area (Å²) in [6.07, 6.45) is 2.94. The Morgan fingerprint density at radius 1 is 1.75 bits per heavy atom. The topological polar surface area (TPSA) is 51.6 Å². The maximum Gasteiger partial charge on any atom is 0.242 e. The van der Waals surface area contributed by atoms with Crippen LogP contribution in [0.4, 0.5) is 5.82 Å². The van der Waals surface area contributed by atoms with Crippen molar-refractivity contribution in [3.05, 3.63) is 18.3 Å². The molecular formula is C8H8N2O2. The van der Waals surface area contributed by atoms with Crippen molar-refractivity contribution in [2.75, 3.05) is 6.61 Å². The molecule has 0 atom stereocenters. The van der Waals surface area contributed by atoms with Gasteiger partial charge in [0.1, 0.15) is 5.75 Å². The first kappa shape index (κ1) is 8.43. The van der Waals surface area contributed by atoms with Gasteiger partial charge in [-0.3, -0.25) is 0 Å². The third-order valence-electron chi connectivity index (χ3n) is 1.19. The van der Waals surface area contributed by atoms with Gasteiger partial charge in [-0.1, -0.05) is 0 Å². The quantitative estimate of drug-likeness (QED) is 0.501. The van der Waals surface area contributed by atoms with E-state index in [0.29, 0.717) is 18.2 Å². The molecule has 62 valence electrons. The van der Waals surface area contributed by atoms with E-state index in [2.05, 4.69) is 9.98 Å². The van der Waals surface area contributed by atoms with E-state index in [-0.39, 0.29) is 0 Å². The molecule has 4 nitrogen and oxygen atoms in total. The molecule has 4 heteroatoms. The molecule has 0 unspecified atom stereocenters. The van der Waals surface area contributed by atoms with Crippen molar-refractivity contribution >= 4 is 11.9 Å². The van der Waals surface area contributed by atoms with E-state index < -0.39 is 0 Å². The van der Waals surface area contributed by atoms with E-state index in [1.165, 1.54) is 12.3 Å². The molecule has 0 radical (unpaired) electrons. The monoisotopic (exact) mass is 164 g/mol. The van der Waals surface area contributed by atoms with Gasteiger partial charge >= 0.3 is 0 Å². The second-order valence-electron chi connectivity index (χ2n) is 1.99. The van der Waals surface area contributed by atoms with Gasteiger partial charge < -0.3 is 4.74 Å². The Bertz CT molecular complexity index is 306. The van der Waals surface area contributed by atoms with Crippen LogP contribution in [0.1, 0.15) is 6.92 Å². The predicted molar refractivity (Wildman–Crippen MR) is 43.2 cm³/mol. The summed E-state index contributed by atoms with van der Waals surface area (Å²) in [7, 11) is 0. The lowest BCUT2D eigenvalue weighted by Gasteiger charge is -2.00. The van der Waals surface area contributed by atoms with Crippen LogP contribution in [0.2, 0.25) is 0 Å². The number of rotatable bonds is 3. The summed E-state index contributed by atoms with van der Waals surface area (Å²) in [5.41, 5.74) is 0. The molecule has 12 heavy (non-hydrogen) atoms. The Kier molecular flexibility index (Phi) is 2.99. The molecule has 1 rings (SSSR count). The van der Waals surface area contributed by atoms with E-state index in [1.807, 2.05) is 6.92 Å². The Hall–Kier alpha value is -1.67. The average Bonchev–Trinajstić information content (AvgIpc) is 2.06. The number of ether oxygens (including phenoxy) is 1. The van der Waals surface area contributed by atoms with Gasteiger partial charge in [0.15, 0.2) is 5.82 Å². The predicted octanol–water partition coefficient (Wildman–Crippen LogP) is 1.45. The zero-order valence-electron chi connectivity index (χ0n) is 6.65. The van der Waals surface area contributed by atoms with Gasteiger partial charge in [0.25, 0.3) is 0 Å². The molecule has 0 N–H and O–H groups in total. The highest BCUT2D eigenvalue weighted by molar-refractivity contribution is 5.46. The SMILES string of the molecule is CCOc1ccnc(N=C=O)c1. The van der Waals surface area contributed by atoms with Crippen molar-refractivity contribution in [1.29, 1.82) is 0 Å². The second-order valence-corrected chi connectivity index (χ2v) is 1.99. The zero-order valence-corrected chi connectivity index (χ0v) is 6.65. The van der Waals surface area contributed by atoms with E-state index in [9.17, 15) is 4.79 Å². The van der Waals surface area contributed by atoms with Crippen LogP contribution in [0, 0.1) is 0 Å². The summed E-state index contributed by atoms with van der Waals surface area (Å²) in [5.74, 6) is 0.970. The molecular weight excluding hydrogens is 156 g/mol. The highest BCUT2D eigenvalue weighted by atomic mass is 16.5. The number of pyridine rings is 1. The third kappa shape index (κ3) is 2.18. The first-order valence-electron chi connectivity index (χ1n) is 3.53. The van der Waals surface area contributed by atoms with Crippen LogP contribution in [0.3, 0.4) is 0 Å². The van der Waals surface area contributed by atoms with Crippen LogP contribution in [0.5, 0.6) is 5.75 Å². The largest absolute Gasteiger partial charge is 0.494 e. The maximum atomic E-state index is 9.87. The van der Waals surface area contributed by atoms with Crippen molar-refractivity contribution in [3.8, 4) is 5.75 Å². The number of aromatic nitrogens is 1. The summed E-state index contributed by atoms with van der Waals surface area (Å²) in [6.45, 7) is 2.46. The number of hydrogen-bond donors (Lipinski definition) is 0. The molecule has 0 aliphatic heterocycles. The van der Waals surface area contributed by atoms with Crippen molar-refractivity contribution in [1.82, 2.24) is 4.98 Å². The number of nitrogens with zero attached hydrogens (tertiary/aromatic N) is 2. The minimum atomic E-state index is 0.316. The third-order valence-corrected chi connectivity index (χ3v) is 1.19. The number of carbonyl (C=O) groups excluding carboxylic acids is 1. The minimum Gasteiger partial charge on any atom is -0.494 e. The summed E-state index contributed by atoms with van der Waals surface area (Å²) in [6, 6.07) is 3.28.